The fraction of sp³-hybridized carbons (Fsp3) is 0.926. The third-order valence-corrected chi connectivity index (χ3v) is 10.9. The number of rotatable bonds is 7. The van der Waals surface area contributed by atoms with Gasteiger partial charge in [-0.15, -0.1) is 0 Å². The third kappa shape index (κ3) is 4.65. The van der Waals surface area contributed by atoms with Crippen LogP contribution in [0.1, 0.15) is 105 Å². The zero-order valence-electron chi connectivity index (χ0n) is 20.9. The van der Waals surface area contributed by atoms with Gasteiger partial charge < -0.3 is 5.11 Å². The van der Waals surface area contributed by atoms with Crippen LogP contribution in [-0.4, -0.2) is 25.6 Å². The Morgan fingerprint density at radius 2 is 1.94 bits per heavy atom. The van der Waals surface area contributed by atoms with Crippen molar-refractivity contribution in [3.8, 4) is 0 Å². The molecule has 0 amide bonds. The van der Waals surface area contributed by atoms with Gasteiger partial charge in [-0.3, -0.25) is 8.74 Å². The van der Waals surface area contributed by atoms with E-state index in [1.54, 1.807) is 0 Å². The smallest absolute Gasteiger partial charge is 0.302 e. The second kappa shape index (κ2) is 9.09. The van der Waals surface area contributed by atoms with Gasteiger partial charge in [0, 0.05) is 0 Å². The molecule has 4 aliphatic rings. The summed E-state index contributed by atoms with van der Waals surface area (Å²) in [6, 6.07) is 0. The number of allylic oxidation sites excluding steroid dienone is 1. The second-order valence-corrected chi connectivity index (χ2v) is 13.5. The molecule has 4 aliphatic carbocycles. The van der Waals surface area contributed by atoms with Gasteiger partial charge in [-0.25, -0.2) is 0 Å². The molecule has 0 spiro atoms. The number of aliphatic hydroxyl groups is 1. The Labute approximate surface area is 198 Å². The van der Waals surface area contributed by atoms with Crippen molar-refractivity contribution in [2.45, 2.75) is 117 Å². The molecule has 0 aromatic heterocycles. The van der Waals surface area contributed by atoms with Gasteiger partial charge in [0.05, 0.1) is 11.7 Å². The van der Waals surface area contributed by atoms with E-state index in [1.807, 2.05) is 13.8 Å². The predicted molar refractivity (Wildman–Crippen MR) is 130 cm³/mol. The molecule has 3 fully saturated rings. The zero-order chi connectivity index (χ0) is 23.3. The average Bonchev–Trinajstić information content (AvgIpc) is 3.04. The lowest BCUT2D eigenvalue weighted by atomic mass is 9.47. The van der Waals surface area contributed by atoms with E-state index in [0.717, 1.165) is 61.7 Å². The van der Waals surface area contributed by atoms with Crippen molar-refractivity contribution >= 4 is 11.4 Å². The van der Waals surface area contributed by atoms with E-state index in [9.17, 15) is 9.32 Å². The van der Waals surface area contributed by atoms with Crippen molar-refractivity contribution in [3.05, 3.63) is 11.6 Å². The third-order valence-electron chi connectivity index (χ3n) is 10.5. The molecule has 32 heavy (non-hydrogen) atoms. The van der Waals surface area contributed by atoms with E-state index >= 15 is 0 Å². The van der Waals surface area contributed by atoms with E-state index < -0.39 is 17.0 Å². The summed E-state index contributed by atoms with van der Waals surface area (Å²) in [6.07, 6.45) is 15.1. The summed E-state index contributed by atoms with van der Waals surface area (Å²) >= 11 is -2.16. The van der Waals surface area contributed by atoms with Crippen molar-refractivity contribution in [1.29, 1.82) is 0 Å². The minimum atomic E-state index is -2.16. The predicted octanol–water partition coefficient (Wildman–Crippen LogP) is 6.66. The van der Waals surface area contributed by atoms with E-state index in [1.165, 1.54) is 44.1 Å². The Hall–Kier alpha value is -0.230. The molecule has 9 atom stereocenters. The van der Waals surface area contributed by atoms with Crippen LogP contribution < -0.4 is 0 Å². The van der Waals surface area contributed by atoms with Crippen molar-refractivity contribution in [3.63, 3.8) is 0 Å². The van der Waals surface area contributed by atoms with Crippen molar-refractivity contribution < 1.29 is 18.1 Å². The largest absolute Gasteiger partial charge is 0.390 e. The first-order chi connectivity index (χ1) is 14.9. The molecule has 2 N–H and O–H groups in total. The molecule has 0 aliphatic heterocycles. The number of hydrogen-bond donors (Lipinski definition) is 2. The van der Waals surface area contributed by atoms with Crippen LogP contribution in [0.3, 0.4) is 0 Å². The van der Waals surface area contributed by atoms with Crippen molar-refractivity contribution in [2.24, 2.45) is 40.4 Å². The van der Waals surface area contributed by atoms with Crippen LogP contribution in [0.25, 0.3) is 0 Å². The lowest BCUT2D eigenvalue weighted by Gasteiger charge is -2.58. The summed E-state index contributed by atoms with van der Waals surface area (Å²) in [6.45, 7) is 11.4. The summed E-state index contributed by atoms with van der Waals surface area (Å²) in [5.41, 5.74) is 1.67. The second-order valence-electron chi connectivity index (χ2n) is 12.8. The molecule has 0 saturated heterocycles. The Morgan fingerprint density at radius 1 is 1.19 bits per heavy atom. The van der Waals surface area contributed by atoms with E-state index in [2.05, 4.69) is 26.8 Å². The first-order valence-corrected chi connectivity index (χ1v) is 14.2. The fourth-order valence-corrected chi connectivity index (χ4v) is 9.26. The highest BCUT2D eigenvalue weighted by molar-refractivity contribution is 7.74. The summed E-state index contributed by atoms with van der Waals surface area (Å²) in [7, 11) is 0. The van der Waals surface area contributed by atoms with Crippen LogP contribution >= 0.6 is 0 Å². The SMILES string of the molecule is C[C@H](CCCC(C)(C)O)[C@H]1CCC2C3CC=C4CC(OS(=O)O)CCC4(C)C3CCC21C. The molecule has 4 nitrogen and oxygen atoms in total. The monoisotopic (exact) mass is 466 g/mol. The summed E-state index contributed by atoms with van der Waals surface area (Å²) < 4.78 is 25.6. The van der Waals surface area contributed by atoms with Crippen LogP contribution in [0.2, 0.25) is 0 Å². The van der Waals surface area contributed by atoms with E-state index in [0.29, 0.717) is 5.41 Å². The van der Waals surface area contributed by atoms with Gasteiger partial charge in [-0.2, -0.15) is 4.21 Å². The van der Waals surface area contributed by atoms with Gasteiger partial charge in [-0.1, -0.05) is 45.3 Å². The Morgan fingerprint density at radius 3 is 2.62 bits per heavy atom. The van der Waals surface area contributed by atoms with Gasteiger partial charge in [0.15, 0.2) is 0 Å². The molecule has 4 rings (SSSR count). The summed E-state index contributed by atoms with van der Waals surface area (Å²) in [5, 5.41) is 10.1. The van der Waals surface area contributed by atoms with Crippen molar-refractivity contribution in [2.75, 3.05) is 0 Å². The maximum absolute atomic E-state index is 11.2. The van der Waals surface area contributed by atoms with Crippen LogP contribution in [-0.2, 0) is 15.5 Å². The molecular formula is C27H46O4S. The van der Waals surface area contributed by atoms with Gasteiger partial charge in [0.2, 0.25) is 0 Å². The summed E-state index contributed by atoms with van der Waals surface area (Å²) in [5.74, 6) is 3.93. The van der Waals surface area contributed by atoms with Crippen molar-refractivity contribution in [1.82, 2.24) is 0 Å². The highest BCUT2D eigenvalue weighted by Gasteiger charge is 2.59. The molecular weight excluding hydrogens is 420 g/mol. The normalized spacial score (nSPS) is 43.6. The Kier molecular flexibility index (Phi) is 7.07. The first-order valence-electron chi connectivity index (χ1n) is 13.1. The van der Waals surface area contributed by atoms with E-state index in [-0.39, 0.29) is 11.5 Å². The summed E-state index contributed by atoms with van der Waals surface area (Å²) in [4.78, 5) is 0. The minimum Gasteiger partial charge on any atom is -0.390 e. The molecule has 0 aromatic carbocycles. The van der Waals surface area contributed by atoms with Crippen LogP contribution in [0.15, 0.2) is 11.6 Å². The molecule has 7 unspecified atom stereocenters. The molecule has 3 saturated carbocycles. The Balaban J connectivity index is 1.45. The highest BCUT2D eigenvalue weighted by Crippen LogP contribution is 2.67. The Bertz CT molecular complexity index is 742. The van der Waals surface area contributed by atoms with Gasteiger partial charge in [0.25, 0.3) is 0 Å². The fourth-order valence-electron chi connectivity index (χ4n) is 8.86. The molecule has 0 aromatic rings. The zero-order valence-corrected chi connectivity index (χ0v) is 21.8. The molecule has 0 radical (unpaired) electrons. The van der Waals surface area contributed by atoms with Gasteiger partial charge in [0.1, 0.15) is 0 Å². The number of hydrogen-bond acceptors (Lipinski definition) is 3. The highest BCUT2D eigenvalue weighted by atomic mass is 32.2. The first kappa shape index (κ1) is 24.9. The maximum atomic E-state index is 11.2. The lowest BCUT2D eigenvalue weighted by Crippen LogP contribution is -2.51. The molecule has 0 bridgehead atoms. The van der Waals surface area contributed by atoms with E-state index in [4.69, 9.17) is 8.74 Å². The standard InChI is InChI=1S/C27H46O4S/c1-18(7-6-14-25(2,3)28)22-10-11-23-21-9-8-19-17-20(31-32(29)30)12-15-26(19,4)24(21)13-16-27(22,23)5/h8,18,20-24,28H,6-7,9-17H2,1-5H3,(H,29,30)/t18-,20?,21?,22-,23?,24?,26?,27?/m1/s1. The lowest BCUT2D eigenvalue weighted by molar-refractivity contribution is -0.0559. The van der Waals surface area contributed by atoms with Gasteiger partial charge in [-0.05, 0) is 112 Å². The van der Waals surface area contributed by atoms with Crippen LogP contribution in [0, 0.1) is 40.4 Å². The maximum Gasteiger partial charge on any atom is 0.302 e. The average molecular weight is 467 g/mol. The van der Waals surface area contributed by atoms with Crippen LogP contribution in [0.5, 0.6) is 0 Å². The molecule has 0 heterocycles. The topological polar surface area (TPSA) is 66.8 Å². The quantitative estimate of drug-likeness (QED) is 0.325. The van der Waals surface area contributed by atoms with Gasteiger partial charge >= 0.3 is 11.4 Å². The van der Waals surface area contributed by atoms with Crippen LogP contribution in [0.4, 0.5) is 0 Å². The minimum absolute atomic E-state index is 0.105. The molecule has 184 valence electrons. The molecule has 5 heteroatoms. The number of fused-ring (bicyclic) bond motifs is 5.